The van der Waals surface area contributed by atoms with Crippen molar-refractivity contribution in [3.63, 3.8) is 0 Å². The van der Waals surface area contributed by atoms with Gasteiger partial charge in [-0.05, 0) is 83.6 Å². The van der Waals surface area contributed by atoms with Gasteiger partial charge >= 0.3 is 0 Å². The Hall–Kier alpha value is -2.98. The number of pyridine rings is 2. The minimum Gasteiger partial charge on any atom is -0.386 e. The Morgan fingerprint density at radius 1 is 1.10 bits per heavy atom. The van der Waals surface area contributed by atoms with E-state index in [1.807, 2.05) is 6.08 Å². The fourth-order valence-electron chi connectivity index (χ4n) is 5.49. The number of aromatic nitrogens is 2. The lowest BCUT2D eigenvalue weighted by molar-refractivity contribution is 0.0981. The van der Waals surface area contributed by atoms with Gasteiger partial charge in [-0.15, -0.1) is 0 Å². The van der Waals surface area contributed by atoms with Gasteiger partial charge in [0.25, 0.3) is 15.9 Å². The van der Waals surface area contributed by atoms with Crippen LogP contribution >= 0.6 is 0 Å². The first-order valence-electron chi connectivity index (χ1n) is 13.9. The highest BCUT2D eigenvalue weighted by Crippen LogP contribution is 2.40. The van der Waals surface area contributed by atoms with Crippen molar-refractivity contribution in [1.29, 1.82) is 0 Å². The van der Waals surface area contributed by atoms with Gasteiger partial charge in [0.05, 0.1) is 11.2 Å². The summed E-state index contributed by atoms with van der Waals surface area (Å²) in [6, 6.07) is 8.16. The first-order valence-corrected chi connectivity index (χ1v) is 15.4. The lowest BCUT2D eigenvalue weighted by atomic mass is 9.90. The fraction of sp³-hybridized carbons (Fsp3) is 0.567. The zero-order chi connectivity index (χ0) is 29.5. The molecule has 10 heteroatoms. The van der Waals surface area contributed by atoms with E-state index in [1.54, 1.807) is 44.2 Å². The molecule has 1 saturated heterocycles. The van der Waals surface area contributed by atoms with E-state index in [2.05, 4.69) is 54.5 Å². The number of amides is 1. The Kier molecular flexibility index (Phi) is 8.08. The summed E-state index contributed by atoms with van der Waals surface area (Å²) in [6.45, 7) is 14.7. The molecule has 2 aliphatic heterocycles. The Balaban J connectivity index is 1.79. The Bertz CT molecular complexity index is 1390. The number of carbonyl (C=O) groups excluding carboxylic acids is 1. The summed E-state index contributed by atoms with van der Waals surface area (Å²) in [5, 5.41) is 13.3. The number of nitrogens with zero attached hydrogens (tertiary/aromatic N) is 3. The van der Waals surface area contributed by atoms with Gasteiger partial charge in [0.1, 0.15) is 11.6 Å². The van der Waals surface area contributed by atoms with E-state index >= 15 is 0 Å². The van der Waals surface area contributed by atoms with Gasteiger partial charge in [0, 0.05) is 29.2 Å². The van der Waals surface area contributed by atoms with Crippen LogP contribution in [0.4, 0.5) is 11.6 Å². The molecule has 0 aliphatic carbocycles. The van der Waals surface area contributed by atoms with Gasteiger partial charge in [-0.3, -0.25) is 4.79 Å². The van der Waals surface area contributed by atoms with Gasteiger partial charge in [-0.1, -0.05) is 39.0 Å². The number of anilines is 2. The number of hydrogen-bond acceptors (Lipinski definition) is 8. The van der Waals surface area contributed by atoms with Crippen molar-refractivity contribution in [2.24, 2.45) is 5.92 Å². The van der Waals surface area contributed by atoms with Crippen LogP contribution in [-0.4, -0.2) is 53.1 Å². The summed E-state index contributed by atoms with van der Waals surface area (Å²) in [7, 11) is -4.25. The smallest absolute Gasteiger partial charge is 0.281 e. The minimum atomic E-state index is -4.25. The van der Waals surface area contributed by atoms with E-state index in [0.29, 0.717) is 30.5 Å². The maximum Gasteiger partial charge on any atom is 0.281 e. The number of nitrogens with one attached hydrogen (secondary N) is 2. The third-order valence-corrected chi connectivity index (χ3v) is 8.78. The molecular weight excluding hydrogens is 526 g/mol. The third kappa shape index (κ3) is 7.01. The highest BCUT2D eigenvalue weighted by molar-refractivity contribution is 7.90. The topological polar surface area (TPSA) is 125 Å². The molecule has 0 saturated carbocycles. The molecule has 2 aromatic rings. The minimum absolute atomic E-state index is 0.0289. The first-order chi connectivity index (χ1) is 18.4. The van der Waals surface area contributed by atoms with Crippen molar-refractivity contribution in [2.45, 2.75) is 102 Å². The summed E-state index contributed by atoms with van der Waals surface area (Å²) in [4.78, 5) is 25.0. The van der Waals surface area contributed by atoms with Crippen LogP contribution in [0.3, 0.4) is 0 Å². The van der Waals surface area contributed by atoms with Gasteiger partial charge in [-0.2, -0.15) is 8.42 Å². The second kappa shape index (κ2) is 10.8. The molecule has 2 aromatic heterocycles. The first kappa shape index (κ1) is 30.0. The van der Waals surface area contributed by atoms with Gasteiger partial charge in [-0.25, -0.2) is 14.7 Å². The van der Waals surface area contributed by atoms with Crippen LogP contribution in [0.15, 0.2) is 47.5 Å². The van der Waals surface area contributed by atoms with Crippen molar-refractivity contribution in [2.75, 3.05) is 16.8 Å². The predicted octanol–water partition coefficient (Wildman–Crippen LogP) is 4.79. The average Bonchev–Trinajstić information content (AvgIpc) is 3.14. The third-order valence-electron chi connectivity index (χ3n) is 7.55. The van der Waals surface area contributed by atoms with Crippen molar-refractivity contribution in [3.05, 3.63) is 53.7 Å². The monoisotopic (exact) mass is 569 g/mol. The molecule has 218 valence electrons. The van der Waals surface area contributed by atoms with Crippen LogP contribution in [0.5, 0.6) is 0 Å². The molecule has 4 heterocycles. The van der Waals surface area contributed by atoms with Gasteiger partial charge in [0.15, 0.2) is 5.03 Å². The molecule has 0 unspecified atom stereocenters. The molecule has 0 spiro atoms. The molecule has 3 N–H and O–H groups in total. The highest BCUT2D eigenvalue weighted by Gasteiger charge is 2.41. The Morgan fingerprint density at radius 2 is 1.82 bits per heavy atom. The van der Waals surface area contributed by atoms with Crippen molar-refractivity contribution in [3.8, 4) is 0 Å². The fourth-order valence-corrected chi connectivity index (χ4v) is 6.43. The number of carbonyl (C=O) groups is 1. The normalized spacial score (nSPS) is 23.1. The van der Waals surface area contributed by atoms with Crippen LogP contribution < -0.4 is 14.9 Å². The molecule has 1 amide bonds. The standard InChI is InChI=1S/C30H43N5O4S/c1-28(2,3)23-16-15-22-26(32-23)35-19-20(18-29(35,4)5)13-14-21(10-9-17-30(6,7)37)31-24-11-8-12-25(33-24)40(38,39)34-27(22)36/h8-9,11-12,15-17,20-21,37H,10,13-14,18-19H2,1-7H3,(H,31,33)(H,34,36)/b17-9+/t20-,21+/m0/s1. The summed E-state index contributed by atoms with van der Waals surface area (Å²) >= 11 is 0. The van der Waals surface area contributed by atoms with Crippen LogP contribution in [0.25, 0.3) is 0 Å². The number of hydrogen-bond donors (Lipinski definition) is 3. The SMILES string of the molecule is CC(C)(O)/C=C/C[C@@H]1CC[C@@H]2CN(c3nc(C(C)(C)C)ccc3C(=O)NS(=O)(=O)c3cccc(n3)N1)C(C)(C)C2. The molecule has 4 bridgehead atoms. The number of fused-ring (bicyclic) bond motifs is 6. The van der Waals surface area contributed by atoms with Crippen LogP contribution in [0.1, 0.15) is 90.2 Å². The van der Waals surface area contributed by atoms with E-state index in [4.69, 9.17) is 4.98 Å². The predicted molar refractivity (Wildman–Crippen MR) is 158 cm³/mol. The second-order valence-electron chi connectivity index (χ2n) is 13.3. The molecule has 4 rings (SSSR count). The zero-order valence-corrected chi connectivity index (χ0v) is 25.5. The maximum atomic E-state index is 13.5. The molecule has 1 fully saturated rings. The van der Waals surface area contributed by atoms with Crippen LogP contribution in [0.2, 0.25) is 0 Å². The summed E-state index contributed by atoms with van der Waals surface area (Å²) in [6.07, 6.45) is 7.01. The molecular formula is C30H43N5O4S. The second-order valence-corrected chi connectivity index (χ2v) is 14.9. The lowest BCUT2D eigenvalue weighted by Crippen LogP contribution is -2.41. The molecule has 2 aliphatic rings. The largest absolute Gasteiger partial charge is 0.386 e. The summed E-state index contributed by atoms with van der Waals surface area (Å²) in [5.74, 6) is 0.540. The van der Waals surface area contributed by atoms with E-state index < -0.39 is 21.5 Å². The van der Waals surface area contributed by atoms with Gasteiger partial charge < -0.3 is 15.3 Å². The lowest BCUT2D eigenvalue weighted by Gasteiger charge is -2.34. The molecule has 0 radical (unpaired) electrons. The number of rotatable bonds is 3. The Labute approximate surface area is 238 Å². The summed E-state index contributed by atoms with van der Waals surface area (Å²) < 4.78 is 28.8. The van der Waals surface area contributed by atoms with Crippen LogP contribution in [0, 0.1) is 5.92 Å². The van der Waals surface area contributed by atoms with E-state index in [0.717, 1.165) is 25.0 Å². The molecule has 40 heavy (non-hydrogen) atoms. The molecule has 2 atom stereocenters. The van der Waals surface area contributed by atoms with Crippen LogP contribution in [-0.2, 0) is 15.4 Å². The van der Waals surface area contributed by atoms with E-state index in [-0.39, 0.29) is 27.6 Å². The number of sulfonamides is 1. The van der Waals surface area contributed by atoms with E-state index in [1.165, 1.54) is 6.07 Å². The maximum absolute atomic E-state index is 13.5. The average molecular weight is 570 g/mol. The van der Waals surface area contributed by atoms with Gasteiger partial charge in [0.2, 0.25) is 0 Å². The molecule has 0 aromatic carbocycles. The Morgan fingerprint density at radius 3 is 2.50 bits per heavy atom. The zero-order valence-electron chi connectivity index (χ0n) is 24.7. The van der Waals surface area contributed by atoms with Crippen molar-refractivity contribution < 1.29 is 18.3 Å². The van der Waals surface area contributed by atoms with Crippen molar-refractivity contribution >= 4 is 27.6 Å². The molecule has 9 nitrogen and oxygen atoms in total. The highest BCUT2D eigenvalue weighted by atomic mass is 32.2. The van der Waals surface area contributed by atoms with E-state index in [9.17, 15) is 18.3 Å². The summed E-state index contributed by atoms with van der Waals surface area (Å²) in [5.41, 5.74) is -0.403. The quantitative estimate of drug-likeness (QED) is 0.451. The van der Waals surface area contributed by atoms with Crippen molar-refractivity contribution in [1.82, 2.24) is 14.7 Å². The number of aliphatic hydroxyl groups is 1.